The quantitative estimate of drug-likeness (QED) is 0.327. The zero-order valence-electron chi connectivity index (χ0n) is 16.4. The van der Waals surface area contributed by atoms with Gasteiger partial charge in [-0.15, -0.1) is 0 Å². The molecule has 1 aliphatic heterocycles. The van der Waals surface area contributed by atoms with Gasteiger partial charge >= 0.3 is 0 Å². The number of benzene rings is 1. The number of hydrogen-bond acceptors (Lipinski definition) is 2. The molecule has 2 rings (SSSR count). The lowest BCUT2D eigenvalue weighted by Gasteiger charge is -2.25. The highest BCUT2D eigenvalue weighted by molar-refractivity contribution is 5.88. The molecule has 1 amide bonds. The number of allylic oxidation sites excluding steroid dienone is 2. The first-order chi connectivity index (χ1) is 12.7. The molecular weight excluding hydrogens is 322 g/mol. The molecule has 1 saturated heterocycles. The summed E-state index contributed by atoms with van der Waals surface area (Å²) in [4.78, 5) is 14.4. The van der Waals surface area contributed by atoms with Gasteiger partial charge < -0.3 is 9.64 Å². The Balaban J connectivity index is 2.04. The summed E-state index contributed by atoms with van der Waals surface area (Å²) < 4.78 is 5.23. The smallest absolute Gasteiger partial charge is 0.246 e. The number of likely N-dealkylation sites (tertiary alicyclic amines) is 1. The topological polar surface area (TPSA) is 29.5 Å². The molecular formula is C23H33NO2. The van der Waals surface area contributed by atoms with Crippen molar-refractivity contribution in [1.29, 1.82) is 0 Å². The van der Waals surface area contributed by atoms with Gasteiger partial charge in [0, 0.05) is 19.2 Å². The number of ether oxygens (including phenoxy) is 1. The Hall–Kier alpha value is -2.03. The van der Waals surface area contributed by atoms with Gasteiger partial charge in [-0.1, -0.05) is 50.5 Å². The maximum Gasteiger partial charge on any atom is 0.246 e. The maximum absolute atomic E-state index is 12.4. The molecule has 0 spiro atoms. The lowest BCUT2D eigenvalue weighted by atomic mass is 10.0. The van der Waals surface area contributed by atoms with E-state index in [9.17, 15) is 4.79 Å². The van der Waals surface area contributed by atoms with Crippen LogP contribution in [0.3, 0.4) is 0 Å². The minimum Gasteiger partial charge on any atom is -0.497 e. The number of amides is 1. The van der Waals surface area contributed by atoms with Crippen molar-refractivity contribution in [3.63, 3.8) is 0 Å². The van der Waals surface area contributed by atoms with Crippen LogP contribution < -0.4 is 4.74 Å². The van der Waals surface area contributed by atoms with Crippen molar-refractivity contribution in [2.45, 2.75) is 58.3 Å². The van der Waals surface area contributed by atoms with Gasteiger partial charge in [-0.25, -0.2) is 0 Å². The summed E-state index contributed by atoms with van der Waals surface area (Å²) in [7, 11) is 1.68. The highest BCUT2D eigenvalue weighted by atomic mass is 16.5. The van der Waals surface area contributed by atoms with Crippen LogP contribution in [0.5, 0.6) is 5.75 Å². The molecule has 0 aliphatic carbocycles. The number of hydrogen-bond donors (Lipinski definition) is 0. The third kappa shape index (κ3) is 7.07. The maximum atomic E-state index is 12.4. The molecule has 1 heterocycles. The number of nitrogens with zero attached hydrogens (tertiary/aromatic N) is 1. The molecule has 1 aliphatic rings. The van der Waals surface area contributed by atoms with E-state index in [4.69, 9.17) is 4.74 Å². The van der Waals surface area contributed by atoms with E-state index >= 15 is 0 Å². The molecule has 1 aromatic carbocycles. The summed E-state index contributed by atoms with van der Waals surface area (Å²) in [6.45, 7) is 4.03. The number of rotatable bonds is 9. The second kappa shape index (κ2) is 11.6. The Morgan fingerprint density at radius 2 is 1.77 bits per heavy atom. The zero-order valence-corrected chi connectivity index (χ0v) is 16.4. The lowest BCUT2D eigenvalue weighted by Crippen LogP contribution is -2.34. The van der Waals surface area contributed by atoms with Gasteiger partial charge in [-0.05, 0) is 55.4 Å². The molecule has 0 N–H and O–H groups in total. The van der Waals surface area contributed by atoms with Crippen LogP contribution in [0.25, 0.3) is 6.08 Å². The van der Waals surface area contributed by atoms with Gasteiger partial charge in [0.15, 0.2) is 0 Å². The first kappa shape index (κ1) is 20.3. The highest BCUT2D eigenvalue weighted by Gasteiger charge is 2.13. The van der Waals surface area contributed by atoms with Crippen LogP contribution in [-0.2, 0) is 4.79 Å². The predicted octanol–water partition coefficient (Wildman–Crippen LogP) is 5.62. The molecule has 3 heteroatoms. The van der Waals surface area contributed by atoms with Crippen molar-refractivity contribution in [3.8, 4) is 5.75 Å². The number of unbranched alkanes of at least 4 members (excludes halogenated alkanes) is 3. The summed E-state index contributed by atoms with van der Waals surface area (Å²) in [5, 5.41) is 0. The summed E-state index contributed by atoms with van der Waals surface area (Å²) in [5.41, 5.74) is 2.36. The van der Waals surface area contributed by atoms with Gasteiger partial charge in [0.2, 0.25) is 5.91 Å². The molecule has 142 valence electrons. The summed E-state index contributed by atoms with van der Waals surface area (Å²) in [6, 6.07) is 8.07. The fraction of sp³-hybridized carbons (Fsp3) is 0.522. The average molecular weight is 356 g/mol. The van der Waals surface area contributed by atoms with Crippen molar-refractivity contribution in [2.24, 2.45) is 0 Å². The summed E-state index contributed by atoms with van der Waals surface area (Å²) >= 11 is 0. The van der Waals surface area contributed by atoms with Crippen LogP contribution >= 0.6 is 0 Å². The van der Waals surface area contributed by atoms with E-state index in [-0.39, 0.29) is 5.91 Å². The second-order valence-electron chi connectivity index (χ2n) is 7.02. The first-order valence-corrected chi connectivity index (χ1v) is 10.0. The normalized spacial score (nSPS) is 15.5. The van der Waals surface area contributed by atoms with E-state index in [0.29, 0.717) is 0 Å². The largest absolute Gasteiger partial charge is 0.497 e. The molecule has 0 saturated carbocycles. The van der Waals surface area contributed by atoms with Crippen molar-refractivity contribution in [2.75, 3.05) is 20.2 Å². The molecule has 1 fully saturated rings. The van der Waals surface area contributed by atoms with E-state index in [0.717, 1.165) is 50.1 Å². The molecule has 26 heavy (non-hydrogen) atoms. The highest BCUT2D eigenvalue weighted by Crippen LogP contribution is 2.19. The minimum absolute atomic E-state index is 0.152. The van der Waals surface area contributed by atoms with Crippen LogP contribution in [0.4, 0.5) is 0 Å². The van der Waals surface area contributed by atoms with Gasteiger partial charge in [0.25, 0.3) is 0 Å². The second-order valence-corrected chi connectivity index (χ2v) is 7.02. The van der Waals surface area contributed by atoms with Gasteiger partial charge in [0.1, 0.15) is 5.75 Å². The van der Waals surface area contributed by atoms with Crippen LogP contribution in [0.2, 0.25) is 0 Å². The van der Waals surface area contributed by atoms with Gasteiger partial charge in [0.05, 0.1) is 7.11 Å². The Morgan fingerprint density at radius 3 is 2.42 bits per heavy atom. The standard InChI is InChI=1S/C23H33NO2/c1-3-4-5-7-10-20(19-21-11-14-22(26-2)15-12-21)13-16-23(25)24-17-8-6-9-18-24/h11-16,19H,3-10,17-18H2,1-2H3/b16-13+,20-19+. The Labute approximate surface area is 158 Å². The van der Waals surface area contributed by atoms with E-state index in [2.05, 4.69) is 25.1 Å². The molecule has 0 aromatic heterocycles. The number of carbonyl (C=O) groups excluding carboxylic acids is 1. The fourth-order valence-electron chi connectivity index (χ4n) is 3.27. The van der Waals surface area contributed by atoms with Crippen molar-refractivity contribution in [3.05, 3.63) is 47.6 Å². The van der Waals surface area contributed by atoms with E-state index < -0.39 is 0 Å². The zero-order chi connectivity index (χ0) is 18.6. The Kier molecular flexibility index (Phi) is 9.02. The van der Waals surface area contributed by atoms with Crippen molar-refractivity contribution >= 4 is 12.0 Å². The summed E-state index contributed by atoms with van der Waals surface area (Å²) in [6.07, 6.45) is 15.4. The third-order valence-electron chi connectivity index (χ3n) is 4.89. The van der Waals surface area contributed by atoms with Crippen LogP contribution in [-0.4, -0.2) is 31.0 Å². The first-order valence-electron chi connectivity index (χ1n) is 10.0. The molecule has 0 radical (unpaired) electrons. The van der Waals surface area contributed by atoms with E-state index in [1.54, 1.807) is 13.2 Å². The summed E-state index contributed by atoms with van der Waals surface area (Å²) in [5.74, 6) is 1.02. The number of carbonyl (C=O) groups is 1. The molecule has 0 bridgehead atoms. The van der Waals surface area contributed by atoms with Gasteiger partial charge in [-0.3, -0.25) is 4.79 Å². The number of methoxy groups -OCH3 is 1. The van der Waals surface area contributed by atoms with Crippen LogP contribution in [0, 0.1) is 0 Å². The SMILES string of the molecule is CCCCCCC(/C=C/C(=O)N1CCCCC1)=C\c1ccc(OC)cc1. The molecule has 1 aromatic rings. The number of piperidine rings is 1. The molecule has 3 nitrogen and oxygen atoms in total. The van der Waals surface area contributed by atoms with Crippen molar-refractivity contribution in [1.82, 2.24) is 4.90 Å². The van der Waals surface area contributed by atoms with Crippen LogP contribution in [0.1, 0.15) is 63.9 Å². The van der Waals surface area contributed by atoms with Crippen molar-refractivity contribution < 1.29 is 9.53 Å². The Morgan fingerprint density at radius 1 is 1.04 bits per heavy atom. The predicted molar refractivity (Wildman–Crippen MR) is 109 cm³/mol. The lowest BCUT2D eigenvalue weighted by molar-refractivity contribution is -0.126. The Bertz CT molecular complexity index is 595. The minimum atomic E-state index is 0.152. The fourth-order valence-corrected chi connectivity index (χ4v) is 3.27. The van der Waals surface area contributed by atoms with Crippen LogP contribution in [0.15, 0.2) is 42.0 Å². The molecule has 0 unspecified atom stereocenters. The van der Waals surface area contributed by atoms with Gasteiger partial charge in [-0.2, -0.15) is 0 Å². The average Bonchev–Trinajstić information content (AvgIpc) is 2.70. The van der Waals surface area contributed by atoms with E-state index in [1.807, 2.05) is 23.1 Å². The molecule has 0 atom stereocenters. The third-order valence-corrected chi connectivity index (χ3v) is 4.89. The van der Waals surface area contributed by atoms with E-state index in [1.165, 1.54) is 31.3 Å². The monoisotopic (exact) mass is 355 g/mol.